The number of rotatable bonds is 4. The zero-order chi connectivity index (χ0) is 13.1. The van der Waals surface area contributed by atoms with Gasteiger partial charge in [-0.15, -0.1) is 0 Å². The molecule has 0 saturated carbocycles. The molecule has 0 fully saturated rings. The molecule has 0 radical (unpaired) electrons. The second kappa shape index (κ2) is 5.57. The monoisotopic (exact) mass is 307 g/mol. The first-order valence-electron chi connectivity index (χ1n) is 6.08. The van der Waals surface area contributed by atoms with E-state index in [1.165, 1.54) is 11.3 Å². The van der Waals surface area contributed by atoms with Crippen molar-refractivity contribution in [2.24, 2.45) is 0 Å². The van der Waals surface area contributed by atoms with E-state index in [0.717, 1.165) is 16.7 Å². The summed E-state index contributed by atoms with van der Waals surface area (Å²) in [5.41, 5.74) is 3.55. The summed E-state index contributed by atoms with van der Waals surface area (Å²) in [7, 11) is 0. The van der Waals surface area contributed by atoms with E-state index in [9.17, 15) is 0 Å². The van der Waals surface area contributed by atoms with Crippen molar-refractivity contribution in [2.45, 2.75) is 33.4 Å². The number of nitrogens with one attached hydrogen (secondary N) is 1. The topological polar surface area (TPSA) is 29.9 Å². The Kier molecular flexibility index (Phi) is 4.07. The largest absolute Gasteiger partial charge is 0.378 e. The minimum absolute atomic E-state index is 0.436. The van der Waals surface area contributed by atoms with Gasteiger partial charge in [0.15, 0.2) is 0 Å². The van der Waals surface area contributed by atoms with Gasteiger partial charge >= 0.3 is 0 Å². The second-order valence-electron chi connectivity index (χ2n) is 4.72. The molecule has 2 aromatic rings. The SMILES string of the molecule is Cc1ccc(NCc2cncn2C(C)C)c(Br)c1. The fourth-order valence-corrected chi connectivity index (χ4v) is 2.52. The Morgan fingerprint density at radius 3 is 2.83 bits per heavy atom. The molecule has 1 aromatic heterocycles. The third kappa shape index (κ3) is 2.93. The summed E-state index contributed by atoms with van der Waals surface area (Å²) in [6.07, 6.45) is 3.79. The van der Waals surface area contributed by atoms with Gasteiger partial charge in [0.05, 0.1) is 18.6 Å². The Morgan fingerprint density at radius 2 is 2.17 bits per heavy atom. The van der Waals surface area contributed by atoms with E-state index >= 15 is 0 Å². The normalized spacial score (nSPS) is 10.9. The van der Waals surface area contributed by atoms with E-state index in [4.69, 9.17) is 0 Å². The van der Waals surface area contributed by atoms with Gasteiger partial charge in [-0.25, -0.2) is 4.98 Å². The van der Waals surface area contributed by atoms with Gasteiger partial charge < -0.3 is 9.88 Å². The van der Waals surface area contributed by atoms with Crippen LogP contribution in [0.4, 0.5) is 5.69 Å². The Balaban J connectivity index is 2.09. The highest BCUT2D eigenvalue weighted by Crippen LogP contribution is 2.24. The standard InChI is InChI=1S/C14H18BrN3/c1-10(2)18-9-16-7-12(18)8-17-14-5-4-11(3)6-13(14)15/h4-7,9-10,17H,8H2,1-3H3. The fourth-order valence-electron chi connectivity index (χ4n) is 1.88. The number of benzene rings is 1. The average Bonchev–Trinajstić information content (AvgIpc) is 2.76. The van der Waals surface area contributed by atoms with Gasteiger partial charge in [-0.3, -0.25) is 0 Å². The van der Waals surface area contributed by atoms with E-state index in [2.05, 4.69) is 69.8 Å². The molecule has 3 nitrogen and oxygen atoms in total. The molecule has 1 heterocycles. The lowest BCUT2D eigenvalue weighted by molar-refractivity contribution is 0.577. The summed E-state index contributed by atoms with van der Waals surface area (Å²) in [6.45, 7) is 7.18. The summed E-state index contributed by atoms with van der Waals surface area (Å²) < 4.78 is 3.27. The number of hydrogen-bond acceptors (Lipinski definition) is 2. The van der Waals surface area contributed by atoms with Crippen molar-refractivity contribution in [2.75, 3.05) is 5.32 Å². The Labute approximate surface area is 116 Å². The molecule has 4 heteroatoms. The zero-order valence-electron chi connectivity index (χ0n) is 10.9. The van der Waals surface area contributed by atoms with E-state index in [1.807, 2.05) is 12.5 Å². The Bertz CT molecular complexity index is 532. The molecule has 0 unspecified atom stereocenters. The van der Waals surface area contributed by atoms with Crippen molar-refractivity contribution < 1.29 is 0 Å². The van der Waals surface area contributed by atoms with E-state index in [-0.39, 0.29) is 0 Å². The number of aromatic nitrogens is 2. The third-order valence-corrected chi connectivity index (χ3v) is 3.54. The first-order valence-corrected chi connectivity index (χ1v) is 6.88. The lowest BCUT2D eigenvalue weighted by atomic mass is 10.2. The van der Waals surface area contributed by atoms with Crippen LogP contribution in [-0.4, -0.2) is 9.55 Å². The van der Waals surface area contributed by atoms with Crippen LogP contribution in [0.5, 0.6) is 0 Å². The van der Waals surface area contributed by atoms with Gasteiger partial charge in [0, 0.05) is 22.4 Å². The Hall–Kier alpha value is -1.29. The number of hydrogen-bond donors (Lipinski definition) is 1. The van der Waals surface area contributed by atoms with Crippen LogP contribution in [0.25, 0.3) is 0 Å². The summed E-state index contributed by atoms with van der Waals surface area (Å²) in [4.78, 5) is 4.20. The first kappa shape index (κ1) is 13.1. The molecular formula is C14H18BrN3. The maximum Gasteiger partial charge on any atom is 0.0951 e. The molecule has 0 saturated heterocycles. The first-order chi connectivity index (χ1) is 8.58. The maximum atomic E-state index is 4.20. The zero-order valence-corrected chi connectivity index (χ0v) is 12.5. The summed E-state index contributed by atoms with van der Waals surface area (Å²) in [5.74, 6) is 0. The number of anilines is 1. The van der Waals surface area contributed by atoms with Gasteiger partial charge in [0.1, 0.15) is 0 Å². The van der Waals surface area contributed by atoms with Crippen LogP contribution in [0.1, 0.15) is 31.1 Å². The van der Waals surface area contributed by atoms with E-state index in [0.29, 0.717) is 6.04 Å². The predicted molar refractivity (Wildman–Crippen MR) is 78.8 cm³/mol. The van der Waals surface area contributed by atoms with Crippen LogP contribution >= 0.6 is 15.9 Å². The number of imidazole rings is 1. The minimum atomic E-state index is 0.436. The molecule has 0 bridgehead atoms. The highest BCUT2D eigenvalue weighted by Gasteiger charge is 2.06. The van der Waals surface area contributed by atoms with Crippen LogP contribution in [0.3, 0.4) is 0 Å². The van der Waals surface area contributed by atoms with Crippen molar-refractivity contribution in [3.63, 3.8) is 0 Å². The average molecular weight is 308 g/mol. The van der Waals surface area contributed by atoms with Crippen LogP contribution in [-0.2, 0) is 6.54 Å². The highest BCUT2D eigenvalue weighted by atomic mass is 79.9. The second-order valence-corrected chi connectivity index (χ2v) is 5.58. The summed E-state index contributed by atoms with van der Waals surface area (Å²) in [6, 6.07) is 6.75. The molecule has 0 aliphatic rings. The fraction of sp³-hybridized carbons (Fsp3) is 0.357. The van der Waals surface area contributed by atoms with Gasteiger partial charge in [-0.2, -0.15) is 0 Å². The van der Waals surface area contributed by atoms with Crippen molar-refractivity contribution in [3.8, 4) is 0 Å². The van der Waals surface area contributed by atoms with Crippen LogP contribution in [0.2, 0.25) is 0 Å². The van der Waals surface area contributed by atoms with E-state index in [1.54, 1.807) is 0 Å². The summed E-state index contributed by atoms with van der Waals surface area (Å²) >= 11 is 3.57. The number of nitrogens with zero attached hydrogens (tertiary/aromatic N) is 2. The third-order valence-electron chi connectivity index (χ3n) is 2.89. The molecule has 1 N–H and O–H groups in total. The molecule has 0 aliphatic heterocycles. The number of aryl methyl sites for hydroxylation is 1. The van der Waals surface area contributed by atoms with Crippen molar-refractivity contribution in [3.05, 3.63) is 46.5 Å². The molecule has 1 aromatic carbocycles. The van der Waals surface area contributed by atoms with Gasteiger partial charge in [0.25, 0.3) is 0 Å². The van der Waals surface area contributed by atoms with Gasteiger partial charge in [-0.1, -0.05) is 6.07 Å². The predicted octanol–water partition coefficient (Wildman–Crippen LogP) is 4.15. The van der Waals surface area contributed by atoms with Crippen molar-refractivity contribution in [1.29, 1.82) is 0 Å². The molecule has 0 amide bonds. The molecule has 0 aliphatic carbocycles. The molecule has 96 valence electrons. The smallest absolute Gasteiger partial charge is 0.0951 e. The van der Waals surface area contributed by atoms with Gasteiger partial charge in [-0.05, 0) is 54.4 Å². The molecular weight excluding hydrogens is 290 g/mol. The van der Waals surface area contributed by atoms with E-state index < -0.39 is 0 Å². The molecule has 2 rings (SSSR count). The van der Waals surface area contributed by atoms with Crippen molar-refractivity contribution >= 4 is 21.6 Å². The molecule has 0 atom stereocenters. The minimum Gasteiger partial charge on any atom is -0.378 e. The lowest BCUT2D eigenvalue weighted by Crippen LogP contribution is -2.09. The highest BCUT2D eigenvalue weighted by molar-refractivity contribution is 9.10. The van der Waals surface area contributed by atoms with Crippen LogP contribution in [0.15, 0.2) is 35.2 Å². The lowest BCUT2D eigenvalue weighted by Gasteiger charge is -2.13. The maximum absolute atomic E-state index is 4.20. The molecule has 18 heavy (non-hydrogen) atoms. The van der Waals surface area contributed by atoms with Crippen molar-refractivity contribution in [1.82, 2.24) is 9.55 Å². The molecule has 0 spiro atoms. The number of halogens is 1. The van der Waals surface area contributed by atoms with Gasteiger partial charge in [0.2, 0.25) is 0 Å². The van der Waals surface area contributed by atoms with Crippen LogP contribution < -0.4 is 5.32 Å². The Morgan fingerprint density at radius 1 is 1.39 bits per heavy atom. The quantitative estimate of drug-likeness (QED) is 0.919. The van der Waals surface area contributed by atoms with Crippen LogP contribution in [0, 0.1) is 6.92 Å². The summed E-state index contributed by atoms with van der Waals surface area (Å²) in [5, 5.41) is 3.43.